The van der Waals surface area contributed by atoms with E-state index in [9.17, 15) is 0 Å². The number of rotatable bonds is 5. The monoisotopic (exact) mass is 198 g/mol. The predicted molar refractivity (Wildman–Crippen MR) is 58.0 cm³/mol. The van der Waals surface area contributed by atoms with Crippen LogP contribution in [0.25, 0.3) is 0 Å². The van der Waals surface area contributed by atoms with Gasteiger partial charge in [0.1, 0.15) is 0 Å². The molecule has 3 heteroatoms. The van der Waals surface area contributed by atoms with Crippen molar-refractivity contribution in [3.63, 3.8) is 0 Å². The van der Waals surface area contributed by atoms with Crippen molar-refractivity contribution >= 4 is 11.3 Å². The van der Waals surface area contributed by atoms with E-state index in [1.165, 1.54) is 10.7 Å². The quantitative estimate of drug-likeness (QED) is 0.786. The van der Waals surface area contributed by atoms with Gasteiger partial charge in [0, 0.05) is 11.9 Å². The van der Waals surface area contributed by atoms with Crippen molar-refractivity contribution in [2.24, 2.45) is 5.92 Å². The van der Waals surface area contributed by atoms with Crippen LogP contribution < -0.4 is 5.32 Å². The zero-order chi connectivity index (χ0) is 9.68. The molecule has 0 aromatic carbocycles. The Bertz CT molecular complexity index is 243. The average molecular weight is 198 g/mol. The number of hydrogen-bond donors (Lipinski definition) is 1. The van der Waals surface area contributed by atoms with Gasteiger partial charge in [-0.2, -0.15) is 0 Å². The molecular weight excluding hydrogens is 180 g/mol. The Kier molecular flexibility index (Phi) is 4.39. The normalized spacial score (nSPS) is 11.1. The van der Waals surface area contributed by atoms with Crippen LogP contribution in [0.3, 0.4) is 0 Å². The van der Waals surface area contributed by atoms with Crippen LogP contribution in [0.5, 0.6) is 0 Å². The molecule has 0 bridgehead atoms. The molecule has 1 N–H and O–H groups in total. The molecule has 1 aromatic rings. The lowest BCUT2D eigenvalue weighted by Crippen LogP contribution is -2.19. The van der Waals surface area contributed by atoms with Crippen molar-refractivity contribution in [2.45, 2.75) is 33.7 Å². The lowest BCUT2D eigenvalue weighted by atomic mass is 10.2. The number of nitrogens with zero attached hydrogens (tertiary/aromatic N) is 1. The van der Waals surface area contributed by atoms with E-state index in [2.05, 4.69) is 36.5 Å². The molecular formula is C10H18N2S. The van der Waals surface area contributed by atoms with Crippen molar-refractivity contribution in [1.29, 1.82) is 0 Å². The van der Waals surface area contributed by atoms with E-state index in [1.807, 2.05) is 0 Å². The highest BCUT2D eigenvalue weighted by Crippen LogP contribution is 2.09. The molecule has 0 amide bonds. The van der Waals surface area contributed by atoms with Crippen LogP contribution in [0, 0.1) is 5.92 Å². The van der Waals surface area contributed by atoms with Crippen LogP contribution in [0.15, 0.2) is 5.38 Å². The van der Waals surface area contributed by atoms with Gasteiger partial charge in [-0.1, -0.05) is 20.8 Å². The van der Waals surface area contributed by atoms with Crippen molar-refractivity contribution < 1.29 is 0 Å². The summed E-state index contributed by atoms with van der Waals surface area (Å²) in [5.41, 5.74) is 1.18. The van der Waals surface area contributed by atoms with Crippen LogP contribution in [0.1, 0.15) is 31.5 Å². The second-order valence-corrected chi connectivity index (χ2v) is 4.55. The molecule has 0 unspecified atom stereocenters. The minimum atomic E-state index is 0.712. The van der Waals surface area contributed by atoms with E-state index < -0.39 is 0 Å². The standard InChI is InChI=1S/C10H18N2S/c1-4-10-12-9(7-13-10)6-11-5-8(2)3/h7-8,11H,4-6H2,1-3H3. The van der Waals surface area contributed by atoms with Crippen molar-refractivity contribution in [2.75, 3.05) is 6.54 Å². The number of nitrogens with one attached hydrogen (secondary N) is 1. The molecule has 0 fully saturated rings. The van der Waals surface area contributed by atoms with Gasteiger partial charge in [0.25, 0.3) is 0 Å². The molecule has 2 nitrogen and oxygen atoms in total. The van der Waals surface area contributed by atoms with Gasteiger partial charge in [-0.15, -0.1) is 11.3 Å². The molecule has 0 saturated carbocycles. The summed E-state index contributed by atoms with van der Waals surface area (Å²) in [6, 6.07) is 0. The Morgan fingerprint density at radius 2 is 2.31 bits per heavy atom. The Morgan fingerprint density at radius 1 is 1.54 bits per heavy atom. The van der Waals surface area contributed by atoms with Gasteiger partial charge in [0.2, 0.25) is 0 Å². The van der Waals surface area contributed by atoms with Gasteiger partial charge >= 0.3 is 0 Å². The van der Waals surface area contributed by atoms with Crippen LogP contribution in [0.2, 0.25) is 0 Å². The molecule has 0 aliphatic carbocycles. The van der Waals surface area contributed by atoms with E-state index in [-0.39, 0.29) is 0 Å². The van der Waals surface area contributed by atoms with Gasteiger partial charge in [-0.05, 0) is 18.9 Å². The van der Waals surface area contributed by atoms with Gasteiger partial charge in [0.05, 0.1) is 10.7 Å². The first-order chi connectivity index (χ1) is 6.22. The number of thiazole rings is 1. The van der Waals surface area contributed by atoms with E-state index in [0.717, 1.165) is 19.5 Å². The van der Waals surface area contributed by atoms with Gasteiger partial charge < -0.3 is 5.32 Å². The maximum absolute atomic E-state index is 4.48. The zero-order valence-electron chi connectivity index (χ0n) is 8.63. The third kappa shape index (κ3) is 3.87. The first-order valence-corrected chi connectivity index (χ1v) is 5.74. The topological polar surface area (TPSA) is 24.9 Å². The fraction of sp³-hybridized carbons (Fsp3) is 0.700. The number of aromatic nitrogens is 1. The average Bonchev–Trinajstić information content (AvgIpc) is 2.52. The Labute approximate surface area is 84.4 Å². The van der Waals surface area contributed by atoms with Crippen LogP contribution in [0.4, 0.5) is 0 Å². The third-order valence-corrected chi connectivity index (χ3v) is 2.80. The first kappa shape index (κ1) is 10.7. The second-order valence-electron chi connectivity index (χ2n) is 3.61. The number of aryl methyl sites for hydroxylation is 1. The van der Waals surface area contributed by atoms with Crippen LogP contribution >= 0.6 is 11.3 Å². The van der Waals surface area contributed by atoms with Crippen molar-refractivity contribution in [1.82, 2.24) is 10.3 Å². The summed E-state index contributed by atoms with van der Waals surface area (Å²) in [7, 11) is 0. The first-order valence-electron chi connectivity index (χ1n) is 4.86. The summed E-state index contributed by atoms with van der Waals surface area (Å²) < 4.78 is 0. The summed E-state index contributed by atoms with van der Waals surface area (Å²) in [5, 5.41) is 6.77. The molecule has 0 aliphatic heterocycles. The zero-order valence-corrected chi connectivity index (χ0v) is 9.45. The molecule has 0 radical (unpaired) electrons. The predicted octanol–water partition coefficient (Wildman–Crippen LogP) is 2.45. The molecule has 0 atom stereocenters. The summed E-state index contributed by atoms with van der Waals surface area (Å²) in [6.45, 7) is 8.55. The molecule has 1 rings (SSSR count). The highest BCUT2D eigenvalue weighted by atomic mass is 32.1. The second kappa shape index (κ2) is 5.35. The van der Waals surface area contributed by atoms with Crippen molar-refractivity contribution in [3.05, 3.63) is 16.1 Å². The SMILES string of the molecule is CCc1nc(CNCC(C)C)cs1. The maximum Gasteiger partial charge on any atom is 0.0926 e. The van der Waals surface area contributed by atoms with Crippen molar-refractivity contribution in [3.8, 4) is 0 Å². The fourth-order valence-corrected chi connectivity index (χ4v) is 1.83. The smallest absolute Gasteiger partial charge is 0.0926 e. The summed E-state index contributed by atoms with van der Waals surface area (Å²) in [5.74, 6) is 0.712. The Hall–Kier alpha value is -0.410. The van der Waals surface area contributed by atoms with E-state index in [0.29, 0.717) is 5.92 Å². The Balaban J connectivity index is 2.28. The molecule has 0 saturated heterocycles. The van der Waals surface area contributed by atoms with Crippen LogP contribution in [-0.2, 0) is 13.0 Å². The molecule has 0 spiro atoms. The van der Waals surface area contributed by atoms with Gasteiger partial charge in [0.15, 0.2) is 0 Å². The highest BCUT2D eigenvalue weighted by Gasteiger charge is 1.99. The highest BCUT2D eigenvalue weighted by molar-refractivity contribution is 7.09. The minimum Gasteiger partial charge on any atom is -0.311 e. The van der Waals surface area contributed by atoms with Gasteiger partial charge in [-0.25, -0.2) is 4.98 Å². The molecule has 74 valence electrons. The number of hydrogen-bond acceptors (Lipinski definition) is 3. The summed E-state index contributed by atoms with van der Waals surface area (Å²) in [4.78, 5) is 4.48. The Morgan fingerprint density at radius 3 is 2.85 bits per heavy atom. The fourth-order valence-electron chi connectivity index (χ4n) is 1.08. The van der Waals surface area contributed by atoms with Crippen LogP contribution in [-0.4, -0.2) is 11.5 Å². The molecule has 0 aliphatic rings. The minimum absolute atomic E-state index is 0.712. The molecule has 1 aromatic heterocycles. The summed E-state index contributed by atoms with van der Waals surface area (Å²) >= 11 is 1.76. The largest absolute Gasteiger partial charge is 0.311 e. The lowest BCUT2D eigenvalue weighted by molar-refractivity contribution is 0.548. The van der Waals surface area contributed by atoms with E-state index in [1.54, 1.807) is 11.3 Å². The molecule has 13 heavy (non-hydrogen) atoms. The van der Waals surface area contributed by atoms with E-state index in [4.69, 9.17) is 0 Å². The third-order valence-electron chi connectivity index (χ3n) is 1.76. The maximum atomic E-state index is 4.48. The van der Waals surface area contributed by atoms with E-state index >= 15 is 0 Å². The van der Waals surface area contributed by atoms with Gasteiger partial charge in [-0.3, -0.25) is 0 Å². The molecule has 1 heterocycles. The summed E-state index contributed by atoms with van der Waals surface area (Å²) in [6.07, 6.45) is 1.05. The lowest BCUT2D eigenvalue weighted by Gasteiger charge is -2.04.